The predicted octanol–water partition coefficient (Wildman–Crippen LogP) is 4.72. The molecule has 0 unspecified atom stereocenters. The topological polar surface area (TPSA) is 90.6 Å². The number of para-hydroxylation sites is 1. The lowest BCUT2D eigenvalue weighted by Crippen LogP contribution is -2.29. The maximum absolute atomic E-state index is 13.0. The third-order valence-electron chi connectivity index (χ3n) is 6.07. The number of aliphatic imine (C=N–C) groups is 1. The van der Waals surface area contributed by atoms with Gasteiger partial charge in [0, 0.05) is 16.1 Å². The fourth-order valence-electron chi connectivity index (χ4n) is 4.30. The van der Waals surface area contributed by atoms with Crippen LogP contribution in [0, 0.1) is 6.92 Å². The van der Waals surface area contributed by atoms with Gasteiger partial charge in [0.2, 0.25) is 5.91 Å². The highest BCUT2D eigenvalue weighted by Crippen LogP contribution is 2.34. The van der Waals surface area contributed by atoms with Crippen LogP contribution in [0.25, 0.3) is 5.69 Å². The van der Waals surface area contributed by atoms with E-state index >= 15 is 0 Å². The number of fused-ring (bicyclic) bond motifs is 3. The minimum absolute atomic E-state index is 0.103. The summed E-state index contributed by atoms with van der Waals surface area (Å²) in [6.45, 7) is 2.62. The van der Waals surface area contributed by atoms with Crippen LogP contribution in [0.2, 0.25) is 5.02 Å². The average Bonchev–Trinajstić information content (AvgIpc) is 3.24. The molecule has 0 radical (unpaired) electrons. The molecule has 2 heterocycles. The maximum atomic E-state index is 13.0. The van der Waals surface area contributed by atoms with E-state index in [0.717, 1.165) is 28.3 Å². The molecule has 0 saturated carbocycles. The van der Waals surface area contributed by atoms with E-state index in [-0.39, 0.29) is 12.3 Å². The molecule has 1 aromatic heterocycles. The Labute approximate surface area is 219 Å². The normalized spacial score (nSPS) is 14.1. The summed E-state index contributed by atoms with van der Waals surface area (Å²) >= 11 is 6.16. The Hall–Kier alpha value is -4.17. The van der Waals surface area contributed by atoms with Crippen LogP contribution in [0.4, 0.5) is 0 Å². The van der Waals surface area contributed by atoms with Gasteiger partial charge >= 0.3 is 0 Å². The van der Waals surface area contributed by atoms with Crippen LogP contribution in [-0.4, -0.2) is 46.6 Å². The van der Waals surface area contributed by atoms with Gasteiger partial charge in [0.25, 0.3) is 0 Å². The first-order valence-electron chi connectivity index (χ1n) is 11.9. The molecule has 0 spiro atoms. The van der Waals surface area contributed by atoms with Crippen molar-refractivity contribution in [2.75, 3.05) is 20.3 Å². The van der Waals surface area contributed by atoms with Gasteiger partial charge in [-0.25, -0.2) is 0 Å². The number of amides is 1. The molecule has 9 heteroatoms. The lowest BCUT2D eigenvalue weighted by Gasteiger charge is -2.14. The summed E-state index contributed by atoms with van der Waals surface area (Å²) < 4.78 is 13.1. The molecule has 4 aromatic rings. The van der Waals surface area contributed by atoms with Crippen molar-refractivity contribution in [3.8, 4) is 17.2 Å². The van der Waals surface area contributed by atoms with Gasteiger partial charge in [-0.3, -0.25) is 14.4 Å². The van der Waals surface area contributed by atoms with Gasteiger partial charge in [-0.1, -0.05) is 41.9 Å². The number of methoxy groups -OCH3 is 1. The molecule has 0 saturated heterocycles. The Kier molecular flexibility index (Phi) is 7.18. The van der Waals surface area contributed by atoms with Gasteiger partial charge < -0.3 is 14.8 Å². The Morgan fingerprint density at radius 1 is 1.03 bits per heavy atom. The minimum atomic E-state index is -0.555. The standard InChI is InChI=1S/C28H26ClN5O3/c1-18-32-33-28-24(17-26(35)30-14-15-37-21-6-4-3-5-7-21)31-27(19-8-10-20(29)11-9-19)23-16-22(36-2)12-13-25(23)34(18)28/h3-13,16,24H,14-15,17H2,1-2H3,(H,30,35)/t24-/m0/s1. The van der Waals surface area contributed by atoms with E-state index in [9.17, 15) is 4.79 Å². The molecule has 1 aliphatic heterocycles. The summed E-state index contributed by atoms with van der Waals surface area (Å²) in [6, 6.07) is 22.2. The number of aromatic nitrogens is 3. The van der Waals surface area contributed by atoms with Crippen LogP contribution in [-0.2, 0) is 4.79 Å². The lowest BCUT2D eigenvalue weighted by atomic mass is 10.00. The first-order chi connectivity index (χ1) is 18.0. The fraction of sp³-hybridized carbons (Fsp3) is 0.214. The third-order valence-corrected chi connectivity index (χ3v) is 6.32. The molecule has 1 atom stereocenters. The van der Waals surface area contributed by atoms with E-state index in [1.807, 2.05) is 84.3 Å². The van der Waals surface area contributed by atoms with Crippen LogP contribution >= 0.6 is 11.6 Å². The molecular formula is C28H26ClN5O3. The number of carbonyl (C=O) groups excluding carboxylic acids is 1. The molecular weight excluding hydrogens is 490 g/mol. The third kappa shape index (κ3) is 5.34. The van der Waals surface area contributed by atoms with Gasteiger partial charge in [0.1, 0.15) is 30.0 Å². The summed E-state index contributed by atoms with van der Waals surface area (Å²) in [5, 5.41) is 12.3. The van der Waals surface area contributed by atoms with Crippen LogP contribution in [0.3, 0.4) is 0 Å². The zero-order chi connectivity index (χ0) is 25.8. The number of nitrogens with zero attached hydrogens (tertiary/aromatic N) is 4. The molecule has 1 N–H and O–H groups in total. The number of carbonyl (C=O) groups is 1. The van der Waals surface area contributed by atoms with Crippen molar-refractivity contribution in [3.05, 3.63) is 101 Å². The number of benzene rings is 3. The smallest absolute Gasteiger partial charge is 0.222 e. The Balaban J connectivity index is 1.45. The summed E-state index contributed by atoms with van der Waals surface area (Å²) in [6.07, 6.45) is 0.103. The van der Waals surface area contributed by atoms with E-state index in [1.54, 1.807) is 7.11 Å². The minimum Gasteiger partial charge on any atom is -0.497 e. The molecule has 0 bridgehead atoms. The highest BCUT2D eigenvalue weighted by atomic mass is 35.5. The van der Waals surface area contributed by atoms with Crippen LogP contribution in [0.5, 0.6) is 11.5 Å². The van der Waals surface area contributed by atoms with Crippen molar-refractivity contribution in [2.24, 2.45) is 4.99 Å². The number of hydrogen-bond donors (Lipinski definition) is 1. The lowest BCUT2D eigenvalue weighted by molar-refractivity contribution is -0.121. The zero-order valence-electron chi connectivity index (χ0n) is 20.5. The number of halogens is 1. The van der Waals surface area contributed by atoms with Crippen molar-refractivity contribution >= 4 is 23.2 Å². The highest BCUT2D eigenvalue weighted by Gasteiger charge is 2.30. The summed E-state index contributed by atoms with van der Waals surface area (Å²) in [5.74, 6) is 2.60. The number of rotatable bonds is 8. The second kappa shape index (κ2) is 10.8. The number of hydrogen-bond acceptors (Lipinski definition) is 6. The molecule has 1 aliphatic rings. The molecule has 3 aromatic carbocycles. The maximum Gasteiger partial charge on any atom is 0.222 e. The van der Waals surface area contributed by atoms with Crippen molar-refractivity contribution < 1.29 is 14.3 Å². The quantitative estimate of drug-likeness (QED) is 0.343. The first-order valence-corrected chi connectivity index (χ1v) is 12.3. The van der Waals surface area contributed by atoms with Crippen LogP contribution < -0.4 is 14.8 Å². The Morgan fingerprint density at radius 3 is 2.57 bits per heavy atom. The largest absolute Gasteiger partial charge is 0.497 e. The number of aryl methyl sites for hydroxylation is 1. The SMILES string of the molecule is COc1ccc2c(c1)C(c1ccc(Cl)cc1)=N[C@@H](CC(=O)NCCOc1ccccc1)c1nnc(C)n1-2. The molecule has 5 rings (SSSR count). The van der Waals surface area contributed by atoms with Gasteiger partial charge in [-0.05, 0) is 49.4 Å². The summed E-state index contributed by atoms with van der Waals surface area (Å²) in [5.41, 5.74) is 3.31. The summed E-state index contributed by atoms with van der Waals surface area (Å²) in [4.78, 5) is 18.0. The fourth-order valence-corrected chi connectivity index (χ4v) is 4.43. The van der Waals surface area contributed by atoms with E-state index < -0.39 is 6.04 Å². The highest BCUT2D eigenvalue weighted by molar-refractivity contribution is 6.30. The van der Waals surface area contributed by atoms with E-state index in [0.29, 0.717) is 35.6 Å². The number of ether oxygens (including phenoxy) is 2. The molecule has 37 heavy (non-hydrogen) atoms. The van der Waals surface area contributed by atoms with Crippen LogP contribution in [0.1, 0.15) is 35.2 Å². The van der Waals surface area contributed by atoms with Gasteiger partial charge in [0.15, 0.2) is 5.82 Å². The van der Waals surface area contributed by atoms with Gasteiger partial charge in [-0.15, -0.1) is 10.2 Å². The predicted molar refractivity (Wildman–Crippen MR) is 142 cm³/mol. The van der Waals surface area contributed by atoms with E-state index in [1.165, 1.54) is 0 Å². The van der Waals surface area contributed by atoms with Crippen molar-refractivity contribution in [1.82, 2.24) is 20.1 Å². The van der Waals surface area contributed by atoms with Crippen LogP contribution in [0.15, 0.2) is 77.8 Å². The Bertz CT molecular complexity index is 1430. The average molecular weight is 516 g/mol. The monoisotopic (exact) mass is 515 g/mol. The van der Waals surface area contributed by atoms with Crippen molar-refractivity contribution in [3.63, 3.8) is 0 Å². The Morgan fingerprint density at radius 2 is 1.81 bits per heavy atom. The molecule has 8 nitrogen and oxygen atoms in total. The first kappa shape index (κ1) is 24.5. The van der Waals surface area contributed by atoms with E-state index in [4.69, 9.17) is 26.1 Å². The van der Waals surface area contributed by atoms with Gasteiger partial charge in [0.05, 0.1) is 31.5 Å². The van der Waals surface area contributed by atoms with Crippen molar-refractivity contribution in [2.45, 2.75) is 19.4 Å². The summed E-state index contributed by atoms with van der Waals surface area (Å²) in [7, 11) is 1.63. The van der Waals surface area contributed by atoms with Crippen molar-refractivity contribution in [1.29, 1.82) is 0 Å². The number of nitrogens with one attached hydrogen (secondary N) is 1. The molecule has 0 fully saturated rings. The van der Waals surface area contributed by atoms with E-state index in [2.05, 4.69) is 15.5 Å². The second-order valence-electron chi connectivity index (χ2n) is 8.54. The second-order valence-corrected chi connectivity index (χ2v) is 8.98. The molecule has 0 aliphatic carbocycles. The molecule has 188 valence electrons. The zero-order valence-corrected chi connectivity index (χ0v) is 21.3. The van der Waals surface area contributed by atoms with Gasteiger partial charge in [-0.2, -0.15) is 0 Å². The molecule has 1 amide bonds.